The molecular weight excluding hydrogens is 281 g/mol. The van der Waals surface area contributed by atoms with Crippen LogP contribution in [0.25, 0.3) is 0 Å². The molecule has 1 aliphatic heterocycles. The van der Waals surface area contributed by atoms with E-state index >= 15 is 0 Å². The van der Waals surface area contributed by atoms with Crippen molar-refractivity contribution in [2.45, 2.75) is 6.54 Å². The van der Waals surface area contributed by atoms with Crippen LogP contribution in [0.1, 0.15) is 5.56 Å². The van der Waals surface area contributed by atoms with Crippen LogP contribution in [0.5, 0.6) is 11.5 Å². The molecule has 0 atom stereocenters. The molecule has 1 N–H and O–H groups in total. The maximum atomic E-state index is 13.7. The van der Waals surface area contributed by atoms with Gasteiger partial charge in [0.2, 0.25) is 0 Å². The maximum absolute atomic E-state index is 13.7. The second kappa shape index (κ2) is 5.59. The third kappa shape index (κ3) is 2.51. The Labute approximate surface area is 121 Å². The topological polar surface area (TPSA) is 30.5 Å². The normalized spacial score (nSPS) is 13.1. The van der Waals surface area contributed by atoms with Crippen molar-refractivity contribution in [1.82, 2.24) is 0 Å². The van der Waals surface area contributed by atoms with Gasteiger partial charge in [-0.05, 0) is 18.2 Å². The molecule has 1 heterocycles. The van der Waals surface area contributed by atoms with Crippen LogP contribution in [0.15, 0.2) is 36.4 Å². The van der Waals surface area contributed by atoms with Crippen LogP contribution in [0.4, 0.5) is 10.1 Å². The van der Waals surface area contributed by atoms with Crippen molar-refractivity contribution in [1.29, 1.82) is 0 Å². The third-order valence-corrected chi connectivity index (χ3v) is 3.38. The second-order valence-corrected chi connectivity index (χ2v) is 4.80. The Hall–Kier alpha value is -1.94. The fourth-order valence-electron chi connectivity index (χ4n) is 2.12. The molecule has 0 radical (unpaired) electrons. The van der Waals surface area contributed by atoms with Gasteiger partial charge >= 0.3 is 0 Å². The Morgan fingerprint density at radius 1 is 1.10 bits per heavy atom. The van der Waals surface area contributed by atoms with Gasteiger partial charge in [0, 0.05) is 12.1 Å². The minimum atomic E-state index is -0.375. The van der Waals surface area contributed by atoms with E-state index in [1.165, 1.54) is 6.07 Å². The molecule has 0 amide bonds. The highest BCUT2D eigenvalue weighted by atomic mass is 35.5. The Morgan fingerprint density at radius 2 is 1.90 bits per heavy atom. The number of fused-ring (bicyclic) bond motifs is 1. The number of ether oxygens (including phenoxy) is 2. The van der Waals surface area contributed by atoms with Crippen molar-refractivity contribution in [3.8, 4) is 11.5 Å². The number of hydrogen-bond donors (Lipinski definition) is 1. The Kier molecular flexibility index (Phi) is 3.65. The van der Waals surface area contributed by atoms with Crippen LogP contribution in [-0.2, 0) is 6.54 Å². The van der Waals surface area contributed by atoms with Gasteiger partial charge in [-0.1, -0.05) is 29.8 Å². The highest BCUT2D eigenvalue weighted by Crippen LogP contribution is 2.34. The summed E-state index contributed by atoms with van der Waals surface area (Å²) in [4.78, 5) is 0. The van der Waals surface area contributed by atoms with Gasteiger partial charge in [0.15, 0.2) is 11.5 Å². The van der Waals surface area contributed by atoms with Gasteiger partial charge in [0.1, 0.15) is 19.0 Å². The van der Waals surface area contributed by atoms with Crippen LogP contribution in [0.3, 0.4) is 0 Å². The van der Waals surface area contributed by atoms with E-state index in [1.807, 2.05) is 18.2 Å². The van der Waals surface area contributed by atoms with Crippen molar-refractivity contribution in [3.63, 3.8) is 0 Å². The first-order chi connectivity index (χ1) is 9.75. The molecule has 1 aliphatic rings. The average Bonchev–Trinajstić information content (AvgIpc) is 2.47. The molecule has 104 valence electrons. The first kappa shape index (κ1) is 13.1. The van der Waals surface area contributed by atoms with Crippen LogP contribution in [-0.4, -0.2) is 13.2 Å². The van der Waals surface area contributed by atoms with Gasteiger partial charge in [-0.3, -0.25) is 0 Å². The SMILES string of the molecule is Fc1cccc(Cl)c1NCc1cccc2c1OCCO2. The molecule has 0 bridgehead atoms. The van der Waals surface area contributed by atoms with E-state index in [1.54, 1.807) is 12.1 Å². The van der Waals surface area contributed by atoms with Crippen LogP contribution in [0, 0.1) is 5.82 Å². The summed E-state index contributed by atoms with van der Waals surface area (Å²) in [7, 11) is 0. The summed E-state index contributed by atoms with van der Waals surface area (Å²) in [6.07, 6.45) is 0. The second-order valence-electron chi connectivity index (χ2n) is 4.39. The predicted octanol–water partition coefficient (Wildman–Crippen LogP) is 3.86. The number of hydrogen-bond acceptors (Lipinski definition) is 3. The zero-order valence-corrected chi connectivity index (χ0v) is 11.4. The van der Waals surface area contributed by atoms with E-state index in [-0.39, 0.29) is 5.82 Å². The van der Waals surface area contributed by atoms with E-state index in [9.17, 15) is 4.39 Å². The molecule has 0 spiro atoms. The molecule has 0 aromatic heterocycles. The number of halogens is 2. The van der Waals surface area contributed by atoms with Gasteiger partial charge < -0.3 is 14.8 Å². The molecule has 2 aromatic carbocycles. The zero-order chi connectivity index (χ0) is 13.9. The van der Waals surface area contributed by atoms with E-state index < -0.39 is 0 Å². The summed E-state index contributed by atoms with van der Waals surface area (Å²) >= 11 is 5.98. The highest BCUT2D eigenvalue weighted by Gasteiger charge is 2.16. The number of para-hydroxylation sites is 2. The van der Waals surface area contributed by atoms with Gasteiger partial charge in [0.25, 0.3) is 0 Å². The molecule has 3 nitrogen and oxygen atoms in total. The molecule has 2 aromatic rings. The summed E-state index contributed by atoms with van der Waals surface area (Å²) in [5.74, 6) is 1.05. The molecule has 20 heavy (non-hydrogen) atoms. The molecule has 0 saturated heterocycles. The van der Waals surface area contributed by atoms with Gasteiger partial charge in [0.05, 0.1) is 10.7 Å². The van der Waals surface area contributed by atoms with Gasteiger partial charge in [-0.2, -0.15) is 0 Å². The molecule has 0 aliphatic carbocycles. The fourth-order valence-corrected chi connectivity index (χ4v) is 2.35. The van der Waals surface area contributed by atoms with E-state index in [0.29, 0.717) is 36.2 Å². The van der Waals surface area contributed by atoms with Crippen molar-refractivity contribution >= 4 is 17.3 Å². The number of benzene rings is 2. The summed E-state index contributed by atoms with van der Waals surface area (Å²) in [6, 6.07) is 10.2. The summed E-state index contributed by atoms with van der Waals surface area (Å²) in [5.41, 5.74) is 1.20. The minimum Gasteiger partial charge on any atom is -0.486 e. The third-order valence-electron chi connectivity index (χ3n) is 3.07. The molecule has 5 heteroatoms. The Bertz CT molecular complexity index is 613. The van der Waals surface area contributed by atoms with E-state index in [2.05, 4.69) is 5.32 Å². The molecule has 3 rings (SSSR count). The minimum absolute atomic E-state index is 0.295. The lowest BCUT2D eigenvalue weighted by molar-refractivity contribution is 0.170. The van der Waals surface area contributed by atoms with Crippen LogP contribution < -0.4 is 14.8 Å². The molecular formula is C15H13ClFNO2. The lowest BCUT2D eigenvalue weighted by atomic mass is 10.1. The van der Waals surface area contributed by atoms with Crippen molar-refractivity contribution < 1.29 is 13.9 Å². The van der Waals surface area contributed by atoms with E-state index in [4.69, 9.17) is 21.1 Å². The first-order valence-corrected chi connectivity index (χ1v) is 6.69. The smallest absolute Gasteiger partial charge is 0.166 e. The highest BCUT2D eigenvalue weighted by molar-refractivity contribution is 6.33. The van der Waals surface area contributed by atoms with Crippen LogP contribution in [0.2, 0.25) is 5.02 Å². The molecule has 0 saturated carbocycles. The molecule has 0 unspecified atom stereocenters. The predicted molar refractivity (Wildman–Crippen MR) is 76.2 cm³/mol. The largest absolute Gasteiger partial charge is 0.486 e. The van der Waals surface area contributed by atoms with E-state index in [0.717, 1.165) is 11.3 Å². The van der Waals surface area contributed by atoms with Crippen molar-refractivity contribution in [3.05, 3.63) is 52.8 Å². The maximum Gasteiger partial charge on any atom is 0.166 e. The lowest BCUT2D eigenvalue weighted by Gasteiger charge is -2.21. The summed E-state index contributed by atoms with van der Waals surface area (Å²) in [6.45, 7) is 1.47. The van der Waals surface area contributed by atoms with Gasteiger partial charge in [-0.15, -0.1) is 0 Å². The van der Waals surface area contributed by atoms with Crippen molar-refractivity contribution in [2.24, 2.45) is 0 Å². The Morgan fingerprint density at radius 3 is 2.75 bits per heavy atom. The number of anilines is 1. The van der Waals surface area contributed by atoms with Gasteiger partial charge in [-0.25, -0.2) is 4.39 Å². The number of rotatable bonds is 3. The van der Waals surface area contributed by atoms with Crippen LogP contribution >= 0.6 is 11.6 Å². The average molecular weight is 294 g/mol. The first-order valence-electron chi connectivity index (χ1n) is 6.31. The monoisotopic (exact) mass is 293 g/mol. The lowest BCUT2D eigenvalue weighted by Crippen LogP contribution is -2.17. The zero-order valence-electron chi connectivity index (χ0n) is 10.7. The fraction of sp³-hybridized carbons (Fsp3) is 0.200. The summed E-state index contributed by atoms with van der Waals surface area (Å²) in [5, 5.41) is 3.36. The summed E-state index contributed by atoms with van der Waals surface area (Å²) < 4.78 is 24.8. The number of nitrogens with one attached hydrogen (secondary N) is 1. The van der Waals surface area contributed by atoms with Crippen molar-refractivity contribution in [2.75, 3.05) is 18.5 Å². The quantitative estimate of drug-likeness (QED) is 0.932. The molecule has 0 fully saturated rings. The Balaban J connectivity index is 1.82. The standard InChI is InChI=1S/C15H13ClFNO2/c16-11-4-2-5-12(17)14(11)18-9-10-3-1-6-13-15(10)20-8-7-19-13/h1-6,18H,7-9H2.